The maximum absolute atomic E-state index is 4.07. The summed E-state index contributed by atoms with van der Waals surface area (Å²) in [6, 6.07) is 0.754. The van der Waals surface area contributed by atoms with Crippen LogP contribution in [0.1, 0.15) is 58.8 Å². The Hall–Kier alpha value is -0.300. The van der Waals surface area contributed by atoms with Gasteiger partial charge in [-0.1, -0.05) is 31.8 Å². The van der Waals surface area contributed by atoms with E-state index in [1.807, 2.05) is 0 Å². The smallest absolute Gasteiger partial charge is 0.00983 e. The van der Waals surface area contributed by atoms with E-state index in [9.17, 15) is 0 Å². The van der Waals surface area contributed by atoms with Crippen LogP contribution in [0.5, 0.6) is 0 Å². The van der Waals surface area contributed by atoms with E-state index in [-0.39, 0.29) is 0 Å². The highest BCUT2D eigenvalue weighted by Gasteiger charge is 2.22. The van der Waals surface area contributed by atoms with Crippen molar-refractivity contribution in [3.05, 3.63) is 12.2 Å². The van der Waals surface area contributed by atoms with Crippen LogP contribution >= 0.6 is 0 Å². The van der Waals surface area contributed by atoms with Crippen molar-refractivity contribution in [1.29, 1.82) is 0 Å². The third-order valence-electron chi connectivity index (χ3n) is 3.43. The van der Waals surface area contributed by atoms with Gasteiger partial charge in [0.1, 0.15) is 0 Å². The Balaban J connectivity index is 2.46. The molecule has 0 bridgehead atoms. The van der Waals surface area contributed by atoms with Crippen molar-refractivity contribution in [3.63, 3.8) is 0 Å². The van der Waals surface area contributed by atoms with E-state index in [1.54, 1.807) is 0 Å². The second-order valence-electron chi connectivity index (χ2n) is 5.12. The fraction of sp³-hybridized carbons (Fsp3) is 0.857. The number of hydrogen-bond acceptors (Lipinski definition) is 1. The van der Waals surface area contributed by atoms with Crippen LogP contribution < -0.4 is 5.32 Å². The van der Waals surface area contributed by atoms with Gasteiger partial charge in [-0.2, -0.15) is 0 Å². The summed E-state index contributed by atoms with van der Waals surface area (Å²) in [6.07, 6.45) is 9.50. The summed E-state index contributed by atoms with van der Waals surface area (Å²) in [5.41, 5.74) is 1.35. The zero-order valence-electron chi connectivity index (χ0n) is 10.5. The van der Waals surface area contributed by atoms with E-state index in [4.69, 9.17) is 0 Å². The van der Waals surface area contributed by atoms with Gasteiger partial charge in [0.25, 0.3) is 0 Å². The Morgan fingerprint density at radius 1 is 1.27 bits per heavy atom. The summed E-state index contributed by atoms with van der Waals surface area (Å²) in [4.78, 5) is 0. The van der Waals surface area contributed by atoms with Crippen molar-refractivity contribution < 1.29 is 0 Å². The Morgan fingerprint density at radius 3 is 2.67 bits per heavy atom. The lowest BCUT2D eigenvalue weighted by Gasteiger charge is -2.26. The molecule has 2 atom stereocenters. The van der Waals surface area contributed by atoms with Crippen molar-refractivity contribution in [2.75, 3.05) is 6.54 Å². The Morgan fingerprint density at radius 2 is 2.00 bits per heavy atom. The fourth-order valence-electron chi connectivity index (χ4n) is 2.67. The van der Waals surface area contributed by atoms with E-state index in [0.717, 1.165) is 12.0 Å². The fourth-order valence-corrected chi connectivity index (χ4v) is 2.67. The average molecular weight is 209 g/mol. The Labute approximate surface area is 95.3 Å². The first kappa shape index (κ1) is 12.8. The van der Waals surface area contributed by atoms with Crippen LogP contribution in [0.3, 0.4) is 0 Å². The average Bonchev–Trinajstić information content (AvgIpc) is 2.40. The maximum Gasteiger partial charge on any atom is 0.00983 e. The highest BCUT2D eigenvalue weighted by Crippen LogP contribution is 2.28. The minimum atomic E-state index is 0.754. The van der Waals surface area contributed by atoms with Gasteiger partial charge in [-0.05, 0) is 45.1 Å². The lowest BCUT2D eigenvalue weighted by atomic mass is 9.89. The van der Waals surface area contributed by atoms with Crippen molar-refractivity contribution in [2.24, 2.45) is 5.92 Å². The van der Waals surface area contributed by atoms with Gasteiger partial charge < -0.3 is 5.32 Å². The monoisotopic (exact) mass is 209 g/mol. The molecule has 1 saturated carbocycles. The van der Waals surface area contributed by atoms with Gasteiger partial charge in [0.05, 0.1) is 0 Å². The third-order valence-corrected chi connectivity index (χ3v) is 3.43. The summed E-state index contributed by atoms with van der Waals surface area (Å²) >= 11 is 0. The van der Waals surface area contributed by atoms with Gasteiger partial charge in [-0.3, -0.25) is 0 Å². The largest absolute Gasteiger partial charge is 0.314 e. The molecule has 0 heterocycles. The molecule has 0 aromatic carbocycles. The first-order chi connectivity index (χ1) is 7.24. The molecule has 0 saturated heterocycles. The van der Waals surface area contributed by atoms with Crippen LogP contribution in [0.2, 0.25) is 0 Å². The van der Waals surface area contributed by atoms with Gasteiger partial charge in [-0.25, -0.2) is 0 Å². The second-order valence-corrected chi connectivity index (χ2v) is 5.12. The molecule has 15 heavy (non-hydrogen) atoms. The minimum Gasteiger partial charge on any atom is -0.314 e. The first-order valence-electron chi connectivity index (χ1n) is 6.61. The molecule has 0 aromatic heterocycles. The van der Waals surface area contributed by atoms with Crippen molar-refractivity contribution in [3.8, 4) is 0 Å². The van der Waals surface area contributed by atoms with Crippen LogP contribution in [-0.4, -0.2) is 12.6 Å². The Kier molecular flexibility index (Phi) is 6.00. The number of allylic oxidation sites excluding steroid dienone is 1. The maximum atomic E-state index is 4.07. The van der Waals surface area contributed by atoms with Crippen molar-refractivity contribution in [1.82, 2.24) is 5.32 Å². The number of nitrogens with one attached hydrogen (secondary N) is 1. The molecule has 0 spiro atoms. The zero-order valence-corrected chi connectivity index (χ0v) is 10.5. The Bertz CT molecular complexity index is 186. The predicted molar refractivity (Wildman–Crippen MR) is 68.1 cm³/mol. The van der Waals surface area contributed by atoms with E-state index in [0.29, 0.717) is 0 Å². The van der Waals surface area contributed by atoms with Gasteiger partial charge in [0.15, 0.2) is 0 Å². The van der Waals surface area contributed by atoms with Gasteiger partial charge >= 0.3 is 0 Å². The van der Waals surface area contributed by atoms with Gasteiger partial charge in [0, 0.05) is 6.04 Å². The summed E-state index contributed by atoms with van der Waals surface area (Å²) in [6.45, 7) is 9.66. The van der Waals surface area contributed by atoms with Crippen molar-refractivity contribution >= 4 is 0 Å². The summed E-state index contributed by atoms with van der Waals surface area (Å²) in [5.74, 6) is 0.844. The normalized spacial score (nSPS) is 27.3. The van der Waals surface area contributed by atoms with Gasteiger partial charge in [0.2, 0.25) is 0 Å². The third kappa shape index (κ3) is 4.83. The van der Waals surface area contributed by atoms with Crippen LogP contribution in [0.25, 0.3) is 0 Å². The van der Waals surface area contributed by atoms with Crippen LogP contribution in [-0.2, 0) is 0 Å². The molecule has 1 nitrogen and oxygen atoms in total. The molecular weight excluding hydrogens is 182 g/mol. The second kappa shape index (κ2) is 7.05. The van der Waals surface area contributed by atoms with E-state index < -0.39 is 0 Å². The molecule has 88 valence electrons. The molecule has 1 N–H and O–H groups in total. The van der Waals surface area contributed by atoms with Crippen molar-refractivity contribution in [2.45, 2.75) is 64.8 Å². The molecule has 1 aliphatic carbocycles. The molecule has 0 amide bonds. The highest BCUT2D eigenvalue weighted by molar-refractivity contribution is 4.94. The highest BCUT2D eigenvalue weighted by atomic mass is 14.9. The van der Waals surface area contributed by atoms with E-state index in [1.165, 1.54) is 57.1 Å². The summed E-state index contributed by atoms with van der Waals surface area (Å²) < 4.78 is 0. The minimum absolute atomic E-state index is 0.754. The first-order valence-corrected chi connectivity index (χ1v) is 6.61. The number of rotatable bonds is 5. The molecule has 2 unspecified atom stereocenters. The SMILES string of the molecule is C=C(C)CC1CCCCCC1NCCC. The molecule has 0 radical (unpaired) electrons. The summed E-state index contributed by atoms with van der Waals surface area (Å²) in [7, 11) is 0. The molecular formula is C14H27N. The molecule has 0 aliphatic heterocycles. The quantitative estimate of drug-likeness (QED) is 0.535. The lowest BCUT2D eigenvalue weighted by molar-refractivity contribution is 0.332. The number of hydrogen-bond donors (Lipinski definition) is 1. The molecule has 1 aliphatic rings. The van der Waals surface area contributed by atoms with Crippen LogP contribution in [0.4, 0.5) is 0 Å². The van der Waals surface area contributed by atoms with E-state index >= 15 is 0 Å². The van der Waals surface area contributed by atoms with E-state index in [2.05, 4.69) is 25.7 Å². The lowest BCUT2D eigenvalue weighted by Crippen LogP contribution is -2.36. The molecule has 1 fully saturated rings. The molecule has 0 aromatic rings. The topological polar surface area (TPSA) is 12.0 Å². The standard InChI is InChI=1S/C14H27N/c1-4-10-15-14-9-7-5-6-8-13(14)11-12(2)3/h13-15H,2,4-11H2,1,3H3. The molecule has 1 rings (SSSR count). The van der Waals surface area contributed by atoms with Crippen LogP contribution in [0.15, 0.2) is 12.2 Å². The zero-order chi connectivity index (χ0) is 11.1. The summed E-state index contributed by atoms with van der Waals surface area (Å²) in [5, 5.41) is 3.73. The predicted octanol–water partition coefficient (Wildman–Crippen LogP) is 3.90. The van der Waals surface area contributed by atoms with Crippen LogP contribution in [0, 0.1) is 5.92 Å². The van der Waals surface area contributed by atoms with Gasteiger partial charge in [-0.15, -0.1) is 6.58 Å². The molecule has 1 heteroatoms.